The van der Waals surface area contributed by atoms with Crippen molar-refractivity contribution < 1.29 is 18.4 Å². The number of carbonyl (C=O) groups is 2. The van der Waals surface area contributed by atoms with Gasteiger partial charge in [0.05, 0.1) is 0 Å². The second-order valence-corrected chi connectivity index (χ2v) is 7.99. The molecule has 0 atom stereocenters. The molecule has 0 unspecified atom stereocenters. The van der Waals surface area contributed by atoms with Crippen LogP contribution in [0.5, 0.6) is 0 Å². The molecule has 2 heterocycles. The minimum atomic E-state index is -0.281. The van der Waals surface area contributed by atoms with Gasteiger partial charge in [0.2, 0.25) is 11.8 Å². The van der Waals surface area contributed by atoms with Crippen LogP contribution in [-0.4, -0.2) is 34.8 Å². The average Bonchev–Trinajstić information content (AvgIpc) is 3.33. The van der Waals surface area contributed by atoms with Crippen LogP contribution in [0, 0.1) is 5.82 Å². The number of nitrogens with zero attached hydrogens (tertiary/aromatic N) is 2. The molecule has 32 heavy (non-hydrogen) atoms. The number of aryl methyl sites for hydroxylation is 1. The van der Waals surface area contributed by atoms with Crippen LogP contribution in [0.25, 0.3) is 11.5 Å². The molecule has 166 valence electrons. The van der Waals surface area contributed by atoms with Crippen molar-refractivity contribution in [1.29, 1.82) is 0 Å². The first-order chi connectivity index (χ1) is 15.6. The molecule has 0 saturated carbocycles. The number of hydrogen-bond donors (Lipinski definition) is 1. The van der Waals surface area contributed by atoms with E-state index >= 15 is 0 Å². The Morgan fingerprint density at radius 2 is 1.66 bits per heavy atom. The maximum atomic E-state index is 12.9. The summed E-state index contributed by atoms with van der Waals surface area (Å²) in [5.41, 5.74) is 2.98. The summed E-state index contributed by atoms with van der Waals surface area (Å²) in [5, 5.41) is 2.89. The van der Waals surface area contributed by atoms with Crippen molar-refractivity contribution >= 4 is 11.8 Å². The van der Waals surface area contributed by atoms with E-state index in [-0.39, 0.29) is 17.6 Å². The molecule has 4 rings (SSSR count). The van der Waals surface area contributed by atoms with E-state index < -0.39 is 0 Å². The fraction of sp³-hybridized carbons (Fsp3) is 0.320. The zero-order chi connectivity index (χ0) is 22.3. The summed E-state index contributed by atoms with van der Waals surface area (Å²) in [6, 6.07) is 13.7. The summed E-state index contributed by atoms with van der Waals surface area (Å²) in [6.07, 6.45) is 5.54. The topological polar surface area (TPSA) is 75.4 Å². The molecule has 0 spiro atoms. The Morgan fingerprint density at radius 1 is 0.969 bits per heavy atom. The number of rotatable bonds is 7. The van der Waals surface area contributed by atoms with Gasteiger partial charge >= 0.3 is 0 Å². The van der Waals surface area contributed by atoms with Crippen molar-refractivity contribution in [3.8, 4) is 11.5 Å². The van der Waals surface area contributed by atoms with Crippen molar-refractivity contribution in [2.75, 3.05) is 13.1 Å². The first-order valence-electron chi connectivity index (χ1n) is 10.9. The molecule has 2 aromatic carbocycles. The lowest BCUT2D eigenvalue weighted by molar-refractivity contribution is -0.121. The summed E-state index contributed by atoms with van der Waals surface area (Å²) in [6.45, 7) is 1.95. The van der Waals surface area contributed by atoms with Gasteiger partial charge in [0.25, 0.3) is 5.91 Å². The van der Waals surface area contributed by atoms with Crippen LogP contribution in [0.2, 0.25) is 0 Å². The third-order valence-corrected chi connectivity index (χ3v) is 5.61. The highest BCUT2D eigenvalue weighted by Gasteiger charge is 2.21. The van der Waals surface area contributed by atoms with Gasteiger partial charge in [0.1, 0.15) is 12.1 Å². The molecule has 1 aliphatic heterocycles. The molecule has 0 bridgehead atoms. The van der Waals surface area contributed by atoms with Crippen LogP contribution >= 0.6 is 0 Å². The van der Waals surface area contributed by atoms with Gasteiger partial charge in [-0.1, -0.05) is 24.3 Å². The Hall–Kier alpha value is -3.48. The predicted octanol–water partition coefficient (Wildman–Crippen LogP) is 4.36. The SMILES string of the molecule is O=C(CCc1ccc(F)cc1)NCc1ccc(-c2nc(C(=O)N3CCCCC3)co2)cc1. The Kier molecular flexibility index (Phi) is 6.94. The second kappa shape index (κ2) is 10.2. The van der Waals surface area contributed by atoms with Gasteiger partial charge in [-0.15, -0.1) is 0 Å². The number of oxazole rings is 1. The lowest BCUT2D eigenvalue weighted by atomic mass is 10.1. The van der Waals surface area contributed by atoms with Gasteiger partial charge in [0, 0.05) is 31.6 Å². The molecule has 1 aromatic heterocycles. The van der Waals surface area contributed by atoms with E-state index in [4.69, 9.17) is 4.42 Å². The maximum Gasteiger partial charge on any atom is 0.275 e. The minimum absolute atomic E-state index is 0.0630. The highest BCUT2D eigenvalue weighted by molar-refractivity contribution is 5.92. The van der Waals surface area contributed by atoms with Gasteiger partial charge in [-0.2, -0.15) is 0 Å². The van der Waals surface area contributed by atoms with E-state index in [1.54, 1.807) is 12.1 Å². The molecule has 7 heteroatoms. The van der Waals surface area contributed by atoms with Gasteiger partial charge in [-0.3, -0.25) is 9.59 Å². The second-order valence-electron chi connectivity index (χ2n) is 7.99. The van der Waals surface area contributed by atoms with E-state index in [2.05, 4.69) is 10.3 Å². The maximum absolute atomic E-state index is 12.9. The number of piperidine rings is 1. The zero-order valence-electron chi connectivity index (χ0n) is 17.9. The van der Waals surface area contributed by atoms with E-state index in [1.165, 1.54) is 18.4 Å². The van der Waals surface area contributed by atoms with Crippen LogP contribution in [0.15, 0.2) is 59.2 Å². The number of aromatic nitrogens is 1. The number of hydrogen-bond acceptors (Lipinski definition) is 4. The van der Waals surface area contributed by atoms with Crippen LogP contribution < -0.4 is 5.32 Å². The molecule has 3 aromatic rings. The van der Waals surface area contributed by atoms with Gasteiger partial charge in [-0.25, -0.2) is 9.37 Å². The first kappa shape index (κ1) is 21.7. The highest BCUT2D eigenvalue weighted by atomic mass is 19.1. The highest BCUT2D eigenvalue weighted by Crippen LogP contribution is 2.21. The standard InChI is InChI=1S/C25H26FN3O3/c26-21-11-6-18(7-12-21)8-13-23(30)27-16-19-4-9-20(10-5-19)24-28-22(17-32-24)25(31)29-14-2-1-3-15-29/h4-7,9-12,17H,1-3,8,13-16H2,(H,27,30). The van der Waals surface area contributed by atoms with Gasteiger partial charge in [-0.05, 0) is 61.1 Å². The van der Waals surface area contributed by atoms with E-state index in [1.807, 2.05) is 29.2 Å². The molecule has 2 amide bonds. The van der Waals surface area contributed by atoms with Crippen LogP contribution in [0.3, 0.4) is 0 Å². The van der Waals surface area contributed by atoms with Crippen molar-refractivity contribution in [2.45, 2.75) is 38.6 Å². The average molecular weight is 435 g/mol. The number of benzene rings is 2. The number of halogens is 1. The lowest BCUT2D eigenvalue weighted by Crippen LogP contribution is -2.35. The van der Waals surface area contributed by atoms with E-state index in [9.17, 15) is 14.0 Å². The molecule has 1 saturated heterocycles. The molecular weight excluding hydrogens is 409 g/mol. The summed E-state index contributed by atoms with van der Waals surface area (Å²) in [4.78, 5) is 30.8. The number of likely N-dealkylation sites (tertiary alicyclic amines) is 1. The molecule has 1 N–H and O–H groups in total. The van der Waals surface area contributed by atoms with Crippen molar-refractivity contribution in [2.24, 2.45) is 0 Å². The summed E-state index contributed by atoms with van der Waals surface area (Å²) >= 11 is 0. The first-order valence-corrected chi connectivity index (χ1v) is 10.9. The summed E-state index contributed by atoms with van der Waals surface area (Å²) < 4.78 is 18.5. The quantitative estimate of drug-likeness (QED) is 0.599. The van der Waals surface area contributed by atoms with Gasteiger partial charge in [0.15, 0.2) is 5.69 Å². The van der Waals surface area contributed by atoms with Crippen LogP contribution in [-0.2, 0) is 17.8 Å². The Morgan fingerprint density at radius 3 is 2.38 bits per heavy atom. The Balaban J connectivity index is 1.27. The fourth-order valence-electron chi connectivity index (χ4n) is 3.73. The van der Waals surface area contributed by atoms with Crippen molar-refractivity contribution in [3.63, 3.8) is 0 Å². The summed E-state index contributed by atoms with van der Waals surface area (Å²) in [5.74, 6) is -0.0249. The molecule has 0 aliphatic carbocycles. The Labute approximate surface area is 186 Å². The fourth-order valence-corrected chi connectivity index (χ4v) is 3.73. The lowest BCUT2D eigenvalue weighted by Gasteiger charge is -2.25. The minimum Gasteiger partial charge on any atom is -0.444 e. The monoisotopic (exact) mass is 435 g/mol. The number of nitrogens with one attached hydrogen (secondary N) is 1. The smallest absolute Gasteiger partial charge is 0.275 e. The third kappa shape index (κ3) is 5.60. The molecule has 1 fully saturated rings. The van der Waals surface area contributed by atoms with Crippen molar-refractivity contribution in [1.82, 2.24) is 15.2 Å². The summed E-state index contributed by atoms with van der Waals surface area (Å²) in [7, 11) is 0. The van der Waals surface area contributed by atoms with Gasteiger partial charge < -0.3 is 14.6 Å². The number of amides is 2. The molecular formula is C25H26FN3O3. The third-order valence-electron chi connectivity index (χ3n) is 5.61. The van der Waals surface area contributed by atoms with Crippen LogP contribution in [0.1, 0.15) is 47.3 Å². The van der Waals surface area contributed by atoms with E-state index in [0.717, 1.165) is 49.0 Å². The van der Waals surface area contributed by atoms with E-state index in [0.29, 0.717) is 31.0 Å². The number of carbonyl (C=O) groups excluding carboxylic acids is 2. The molecule has 0 radical (unpaired) electrons. The zero-order valence-corrected chi connectivity index (χ0v) is 17.9. The van der Waals surface area contributed by atoms with Crippen LogP contribution in [0.4, 0.5) is 4.39 Å². The Bertz CT molecular complexity index is 1050. The predicted molar refractivity (Wildman–Crippen MR) is 118 cm³/mol. The molecule has 6 nitrogen and oxygen atoms in total. The largest absolute Gasteiger partial charge is 0.444 e. The van der Waals surface area contributed by atoms with Crippen molar-refractivity contribution in [3.05, 3.63) is 77.4 Å². The normalized spacial score (nSPS) is 13.7. The molecule has 1 aliphatic rings.